The van der Waals surface area contributed by atoms with Crippen LogP contribution in [0.5, 0.6) is 5.75 Å². The van der Waals surface area contributed by atoms with Crippen molar-refractivity contribution in [2.45, 2.75) is 39.3 Å². The lowest BCUT2D eigenvalue weighted by atomic mass is 9.64. The van der Waals surface area contributed by atoms with Crippen LogP contribution in [0.15, 0.2) is 18.2 Å². The van der Waals surface area contributed by atoms with E-state index in [0.29, 0.717) is 6.61 Å². The van der Waals surface area contributed by atoms with Crippen molar-refractivity contribution in [2.24, 2.45) is 5.41 Å². The van der Waals surface area contributed by atoms with E-state index < -0.39 is 11.7 Å². The number of benzene rings is 1. The Hall–Kier alpha value is -1.62. The maximum atomic E-state index is 13.1. The molecule has 1 fully saturated rings. The van der Waals surface area contributed by atoms with Crippen LogP contribution in [-0.4, -0.2) is 29.8 Å². The SMILES string of the molecule is CCOC1CC(NC(=O)c2cc(F)ccc2O)C1(C)C. The van der Waals surface area contributed by atoms with Crippen LogP contribution in [0.25, 0.3) is 0 Å². The van der Waals surface area contributed by atoms with Gasteiger partial charge in [-0.1, -0.05) is 13.8 Å². The quantitative estimate of drug-likeness (QED) is 0.891. The van der Waals surface area contributed by atoms with Gasteiger partial charge in [0.25, 0.3) is 5.91 Å². The summed E-state index contributed by atoms with van der Waals surface area (Å²) >= 11 is 0. The maximum absolute atomic E-state index is 13.1. The molecule has 2 atom stereocenters. The average molecular weight is 281 g/mol. The number of carbonyl (C=O) groups excluding carboxylic acids is 1. The molecule has 0 radical (unpaired) electrons. The van der Waals surface area contributed by atoms with Crippen molar-refractivity contribution in [2.75, 3.05) is 6.61 Å². The lowest BCUT2D eigenvalue weighted by Gasteiger charge is -2.51. The number of carbonyl (C=O) groups is 1. The fourth-order valence-corrected chi connectivity index (χ4v) is 2.54. The Morgan fingerprint density at radius 3 is 2.85 bits per heavy atom. The Bertz CT molecular complexity index is 516. The summed E-state index contributed by atoms with van der Waals surface area (Å²) in [6.45, 7) is 6.62. The Morgan fingerprint density at radius 2 is 2.25 bits per heavy atom. The average Bonchev–Trinajstić information content (AvgIpc) is 2.40. The molecule has 0 bridgehead atoms. The predicted molar refractivity (Wildman–Crippen MR) is 73.1 cm³/mol. The molecule has 20 heavy (non-hydrogen) atoms. The zero-order valence-corrected chi connectivity index (χ0v) is 11.9. The molecule has 0 aromatic heterocycles. The maximum Gasteiger partial charge on any atom is 0.255 e. The summed E-state index contributed by atoms with van der Waals surface area (Å²) in [5.41, 5.74) is -0.213. The van der Waals surface area contributed by atoms with Crippen molar-refractivity contribution in [3.63, 3.8) is 0 Å². The molecule has 1 amide bonds. The van der Waals surface area contributed by atoms with Crippen molar-refractivity contribution in [1.82, 2.24) is 5.32 Å². The van der Waals surface area contributed by atoms with Crippen molar-refractivity contribution < 1.29 is 19.0 Å². The number of nitrogens with one attached hydrogen (secondary N) is 1. The van der Waals surface area contributed by atoms with Gasteiger partial charge in [-0.3, -0.25) is 4.79 Å². The van der Waals surface area contributed by atoms with Crippen molar-refractivity contribution in [3.8, 4) is 5.75 Å². The van der Waals surface area contributed by atoms with Crippen LogP contribution >= 0.6 is 0 Å². The van der Waals surface area contributed by atoms with Crippen LogP contribution in [0, 0.1) is 11.2 Å². The van der Waals surface area contributed by atoms with E-state index in [2.05, 4.69) is 5.32 Å². The molecule has 4 nitrogen and oxygen atoms in total. The van der Waals surface area contributed by atoms with E-state index >= 15 is 0 Å². The van der Waals surface area contributed by atoms with Crippen LogP contribution in [0.4, 0.5) is 4.39 Å². The summed E-state index contributed by atoms with van der Waals surface area (Å²) in [6.07, 6.45) is 0.835. The zero-order chi connectivity index (χ0) is 14.9. The summed E-state index contributed by atoms with van der Waals surface area (Å²) < 4.78 is 18.7. The second-order valence-electron chi connectivity index (χ2n) is 5.69. The lowest BCUT2D eigenvalue weighted by Crippen LogP contribution is -2.62. The standard InChI is InChI=1S/C15H20FNO3/c1-4-20-13-8-12(15(13,2)3)17-14(19)10-7-9(16)5-6-11(10)18/h5-7,12-13,18H,4,8H2,1-3H3,(H,17,19). The van der Waals surface area contributed by atoms with E-state index in [1.807, 2.05) is 20.8 Å². The minimum Gasteiger partial charge on any atom is -0.507 e. The van der Waals surface area contributed by atoms with Gasteiger partial charge < -0.3 is 15.2 Å². The number of phenolic OH excluding ortho intramolecular Hbond substituents is 1. The van der Waals surface area contributed by atoms with Gasteiger partial charge in [-0.05, 0) is 31.5 Å². The largest absolute Gasteiger partial charge is 0.507 e. The third kappa shape index (κ3) is 2.63. The lowest BCUT2D eigenvalue weighted by molar-refractivity contribution is -0.111. The van der Waals surface area contributed by atoms with Gasteiger partial charge in [0.2, 0.25) is 0 Å². The van der Waals surface area contributed by atoms with Crippen LogP contribution in [-0.2, 0) is 4.74 Å². The molecule has 1 saturated carbocycles. The number of halogens is 1. The second kappa shape index (κ2) is 5.40. The Kier molecular flexibility index (Phi) is 3.99. The Morgan fingerprint density at radius 1 is 1.55 bits per heavy atom. The van der Waals surface area contributed by atoms with Crippen molar-refractivity contribution in [1.29, 1.82) is 0 Å². The molecule has 0 aliphatic heterocycles. The predicted octanol–water partition coefficient (Wildman–Crippen LogP) is 2.46. The first kappa shape index (κ1) is 14.8. The smallest absolute Gasteiger partial charge is 0.255 e. The Labute approximate surface area is 117 Å². The van der Waals surface area contributed by atoms with E-state index in [4.69, 9.17) is 4.74 Å². The zero-order valence-electron chi connectivity index (χ0n) is 11.9. The summed E-state index contributed by atoms with van der Waals surface area (Å²) in [7, 11) is 0. The van der Waals surface area contributed by atoms with Crippen molar-refractivity contribution >= 4 is 5.91 Å². The fourth-order valence-electron chi connectivity index (χ4n) is 2.54. The van der Waals surface area contributed by atoms with Gasteiger partial charge in [0, 0.05) is 18.1 Å². The van der Waals surface area contributed by atoms with Crippen LogP contribution < -0.4 is 5.32 Å². The molecule has 110 valence electrons. The fraction of sp³-hybridized carbons (Fsp3) is 0.533. The monoisotopic (exact) mass is 281 g/mol. The van der Waals surface area contributed by atoms with E-state index in [-0.39, 0.29) is 28.9 Å². The Balaban J connectivity index is 2.05. The van der Waals surface area contributed by atoms with Crippen LogP contribution in [0.2, 0.25) is 0 Å². The molecule has 5 heteroatoms. The van der Waals surface area contributed by atoms with Gasteiger partial charge in [0.1, 0.15) is 11.6 Å². The summed E-state index contributed by atoms with van der Waals surface area (Å²) in [5.74, 6) is -1.23. The van der Waals surface area contributed by atoms with Crippen LogP contribution in [0.3, 0.4) is 0 Å². The molecule has 2 rings (SSSR count). The summed E-state index contributed by atoms with van der Waals surface area (Å²) in [4.78, 5) is 12.1. The van der Waals surface area contributed by atoms with E-state index in [1.165, 1.54) is 6.07 Å². The van der Waals surface area contributed by atoms with Gasteiger partial charge in [-0.25, -0.2) is 4.39 Å². The molecule has 1 aliphatic rings. The van der Waals surface area contributed by atoms with Gasteiger partial charge in [0.15, 0.2) is 0 Å². The first-order valence-corrected chi connectivity index (χ1v) is 6.77. The third-order valence-corrected chi connectivity index (χ3v) is 4.05. The van der Waals surface area contributed by atoms with Crippen LogP contribution in [0.1, 0.15) is 37.6 Å². The topological polar surface area (TPSA) is 58.6 Å². The number of phenols is 1. The summed E-state index contributed by atoms with van der Waals surface area (Å²) in [5, 5.41) is 12.5. The van der Waals surface area contributed by atoms with Gasteiger partial charge in [-0.15, -0.1) is 0 Å². The highest BCUT2D eigenvalue weighted by molar-refractivity contribution is 5.97. The molecule has 0 saturated heterocycles. The molecule has 1 aromatic carbocycles. The number of hydrogen-bond donors (Lipinski definition) is 2. The molecule has 2 N–H and O–H groups in total. The molecule has 0 spiro atoms. The van der Waals surface area contributed by atoms with Gasteiger partial charge >= 0.3 is 0 Å². The number of rotatable bonds is 4. The number of ether oxygens (including phenoxy) is 1. The minimum atomic E-state index is -0.548. The van der Waals surface area contributed by atoms with E-state index in [9.17, 15) is 14.3 Å². The number of amides is 1. The number of hydrogen-bond acceptors (Lipinski definition) is 3. The first-order valence-electron chi connectivity index (χ1n) is 6.77. The van der Waals surface area contributed by atoms with Gasteiger partial charge in [0.05, 0.1) is 11.7 Å². The first-order chi connectivity index (χ1) is 9.36. The third-order valence-electron chi connectivity index (χ3n) is 4.05. The summed E-state index contributed by atoms with van der Waals surface area (Å²) in [6, 6.07) is 3.29. The minimum absolute atomic E-state index is 0.0411. The molecule has 2 unspecified atom stereocenters. The molecular formula is C15H20FNO3. The molecule has 0 heterocycles. The molecular weight excluding hydrogens is 261 g/mol. The highest BCUT2D eigenvalue weighted by Crippen LogP contribution is 2.42. The highest BCUT2D eigenvalue weighted by Gasteiger charge is 2.49. The second-order valence-corrected chi connectivity index (χ2v) is 5.69. The normalized spacial score (nSPS) is 24.0. The number of aromatic hydroxyl groups is 1. The van der Waals surface area contributed by atoms with Crippen molar-refractivity contribution in [3.05, 3.63) is 29.6 Å². The highest BCUT2D eigenvalue weighted by atomic mass is 19.1. The molecule has 1 aromatic rings. The van der Waals surface area contributed by atoms with E-state index in [0.717, 1.165) is 18.6 Å². The van der Waals surface area contributed by atoms with E-state index in [1.54, 1.807) is 0 Å². The molecule has 1 aliphatic carbocycles. The van der Waals surface area contributed by atoms with Gasteiger partial charge in [-0.2, -0.15) is 0 Å².